The molecule has 0 saturated carbocycles. The highest BCUT2D eigenvalue weighted by Crippen LogP contribution is 2.08. The summed E-state index contributed by atoms with van der Waals surface area (Å²) < 4.78 is 12.6. The monoisotopic (exact) mass is 273 g/mol. The summed E-state index contributed by atoms with van der Waals surface area (Å²) in [5.74, 6) is -0.176. The van der Waals surface area contributed by atoms with Crippen LogP contribution in [0.4, 0.5) is 4.39 Å². The number of nitrogens with one attached hydrogen (secondary N) is 1. The number of hydrogen-bond donors (Lipinski definition) is 1. The van der Waals surface area contributed by atoms with Crippen molar-refractivity contribution < 1.29 is 4.39 Å². The lowest BCUT2D eigenvalue weighted by atomic mass is 10.2. The van der Waals surface area contributed by atoms with E-state index in [1.54, 1.807) is 0 Å². The van der Waals surface area contributed by atoms with Crippen LogP contribution < -0.4 is 5.32 Å². The van der Waals surface area contributed by atoms with E-state index in [1.807, 2.05) is 12.1 Å². The Morgan fingerprint density at radius 1 is 1.33 bits per heavy atom. The molecule has 1 unspecified atom stereocenters. The summed E-state index contributed by atoms with van der Waals surface area (Å²) in [7, 11) is 0. The van der Waals surface area contributed by atoms with Crippen LogP contribution in [0.5, 0.6) is 0 Å². The van der Waals surface area contributed by atoms with Crippen molar-refractivity contribution >= 4 is 15.9 Å². The average molecular weight is 274 g/mol. The summed E-state index contributed by atoms with van der Waals surface area (Å²) in [6, 6.07) is 6.62. The van der Waals surface area contributed by atoms with Gasteiger partial charge in [-0.2, -0.15) is 0 Å². The van der Waals surface area contributed by atoms with Crippen molar-refractivity contribution in [3.63, 3.8) is 0 Å². The van der Waals surface area contributed by atoms with E-state index in [-0.39, 0.29) is 5.82 Å². The lowest BCUT2D eigenvalue weighted by Crippen LogP contribution is -2.17. The molecule has 0 aliphatic heterocycles. The molecule has 1 aromatic rings. The van der Waals surface area contributed by atoms with Crippen molar-refractivity contribution in [3.05, 3.63) is 35.6 Å². The van der Waals surface area contributed by atoms with Gasteiger partial charge in [-0.3, -0.25) is 0 Å². The number of alkyl halides is 1. The predicted octanol–water partition coefficient (Wildman–Crippen LogP) is 3.48. The molecule has 3 heteroatoms. The topological polar surface area (TPSA) is 12.0 Å². The molecule has 1 rings (SSSR count). The first-order valence-corrected chi connectivity index (χ1v) is 6.23. The SMILES string of the molecule is CCC(Br)CCNCc1ccc(F)cc1. The molecule has 0 radical (unpaired) electrons. The van der Waals surface area contributed by atoms with Gasteiger partial charge in [0.25, 0.3) is 0 Å². The maximum atomic E-state index is 12.6. The van der Waals surface area contributed by atoms with Crippen molar-refractivity contribution in [1.82, 2.24) is 5.32 Å². The van der Waals surface area contributed by atoms with Crippen LogP contribution in [0.3, 0.4) is 0 Å². The van der Waals surface area contributed by atoms with Gasteiger partial charge in [0.05, 0.1) is 0 Å². The van der Waals surface area contributed by atoms with E-state index in [4.69, 9.17) is 0 Å². The molecular formula is C12H17BrFN. The van der Waals surface area contributed by atoms with Gasteiger partial charge >= 0.3 is 0 Å². The standard InChI is InChI=1S/C12H17BrFN/c1-2-11(13)7-8-15-9-10-3-5-12(14)6-4-10/h3-6,11,15H,2,7-9H2,1H3. The molecule has 0 spiro atoms. The van der Waals surface area contributed by atoms with Gasteiger partial charge in [0.1, 0.15) is 5.82 Å². The van der Waals surface area contributed by atoms with Crippen molar-refractivity contribution in [2.75, 3.05) is 6.54 Å². The maximum absolute atomic E-state index is 12.6. The highest BCUT2D eigenvalue weighted by molar-refractivity contribution is 9.09. The van der Waals surface area contributed by atoms with Crippen LogP contribution in [0.15, 0.2) is 24.3 Å². The van der Waals surface area contributed by atoms with Crippen molar-refractivity contribution in [1.29, 1.82) is 0 Å². The number of rotatable bonds is 6. The van der Waals surface area contributed by atoms with Gasteiger partial charge in [-0.15, -0.1) is 0 Å². The second-order valence-electron chi connectivity index (χ2n) is 3.60. The summed E-state index contributed by atoms with van der Waals surface area (Å²) in [5.41, 5.74) is 1.12. The first-order chi connectivity index (χ1) is 7.22. The van der Waals surface area contributed by atoms with Crippen LogP contribution in [0.25, 0.3) is 0 Å². The zero-order valence-electron chi connectivity index (χ0n) is 8.97. The van der Waals surface area contributed by atoms with Crippen LogP contribution in [-0.2, 0) is 6.54 Å². The molecule has 0 aromatic heterocycles. The van der Waals surface area contributed by atoms with Gasteiger partial charge in [0, 0.05) is 11.4 Å². The number of hydrogen-bond acceptors (Lipinski definition) is 1. The van der Waals surface area contributed by atoms with E-state index >= 15 is 0 Å². The van der Waals surface area contributed by atoms with Crippen molar-refractivity contribution in [2.24, 2.45) is 0 Å². The van der Waals surface area contributed by atoms with Gasteiger partial charge in [-0.1, -0.05) is 35.0 Å². The zero-order chi connectivity index (χ0) is 11.1. The summed E-state index contributed by atoms with van der Waals surface area (Å²) in [6.45, 7) is 3.96. The third-order valence-electron chi connectivity index (χ3n) is 2.32. The maximum Gasteiger partial charge on any atom is 0.123 e. The Hall–Kier alpha value is -0.410. The van der Waals surface area contributed by atoms with Crippen molar-refractivity contribution in [2.45, 2.75) is 31.1 Å². The minimum Gasteiger partial charge on any atom is -0.313 e. The molecule has 15 heavy (non-hydrogen) atoms. The Balaban J connectivity index is 2.17. The van der Waals surface area contributed by atoms with Crippen LogP contribution in [0.2, 0.25) is 0 Å². The molecule has 0 heterocycles. The van der Waals surface area contributed by atoms with E-state index < -0.39 is 0 Å². The molecule has 0 fully saturated rings. The lowest BCUT2D eigenvalue weighted by molar-refractivity contribution is 0.618. The summed E-state index contributed by atoms with van der Waals surface area (Å²) in [5, 5.41) is 3.33. The van der Waals surface area contributed by atoms with Crippen LogP contribution in [0.1, 0.15) is 25.3 Å². The molecule has 0 amide bonds. The second kappa shape index (κ2) is 6.96. The molecule has 1 aromatic carbocycles. The molecule has 0 bridgehead atoms. The Bertz CT molecular complexity index is 273. The zero-order valence-corrected chi connectivity index (χ0v) is 10.6. The molecule has 1 atom stereocenters. The Morgan fingerprint density at radius 2 is 2.00 bits per heavy atom. The quantitative estimate of drug-likeness (QED) is 0.618. The van der Waals surface area contributed by atoms with Gasteiger partial charge in [-0.25, -0.2) is 4.39 Å². The highest BCUT2D eigenvalue weighted by atomic mass is 79.9. The minimum absolute atomic E-state index is 0.176. The fraction of sp³-hybridized carbons (Fsp3) is 0.500. The molecular weight excluding hydrogens is 257 g/mol. The van der Waals surface area contributed by atoms with Crippen LogP contribution in [-0.4, -0.2) is 11.4 Å². The van der Waals surface area contributed by atoms with Gasteiger partial charge in [0.2, 0.25) is 0 Å². The summed E-state index contributed by atoms with van der Waals surface area (Å²) in [4.78, 5) is 0.596. The molecule has 84 valence electrons. The Kier molecular flexibility index (Phi) is 5.88. The van der Waals surface area contributed by atoms with Gasteiger partial charge < -0.3 is 5.32 Å². The largest absolute Gasteiger partial charge is 0.313 e. The fourth-order valence-electron chi connectivity index (χ4n) is 1.30. The number of halogens is 2. The van der Waals surface area contributed by atoms with Gasteiger partial charge in [-0.05, 0) is 37.1 Å². The van der Waals surface area contributed by atoms with E-state index in [0.717, 1.165) is 31.5 Å². The number of benzene rings is 1. The summed E-state index contributed by atoms with van der Waals surface area (Å²) in [6.07, 6.45) is 2.27. The normalized spacial score (nSPS) is 12.7. The second-order valence-corrected chi connectivity index (χ2v) is 4.89. The van der Waals surface area contributed by atoms with E-state index in [1.165, 1.54) is 12.1 Å². The first-order valence-electron chi connectivity index (χ1n) is 5.31. The highest BCUT2D eigenvalue weighted by Gasteiger charge is 1.99. The molecule has 0 aliphatic rings. The van der Waals surface area contributed by atoms with E-state index in [2.05, 4.69) is 28.2 Å². The first kappa shape index (κ1) is 12.7. The van der Waals surface area contributed by atoms with Gasteiger partial charge in [0.15, 0.2) is 0 Å². The molecule has 0 aliphatic carbocycles. The minimum atomic E-state index is -0.176. The predicted molar refractivity (Wildman–Crippen MR) is 65.7 cm³/mol. The molecule has 1 N–H and O–H groups in total. The molecule has 1 nitrogen and oxygen atoms in total. The molecule has 0 saturated heterocycles. The smallest absolute Gasteiger partial charge is 0.123 e. The summed E-state index contributed by atoms with van der Waals surface area (Å²) >= 11 is 3.58. The Morgan fingerprint density at radius 3 is 2.60 bits per heavy atom. The van der Waals surface area contributed by atoms with E-state index in [9.17, 15) is 4.39 Å². The Labute approximate surface area is 99.2 Å². The van der Waals surface area contributed by atoms with Crippen LogP contribution in [0, 0.1) is 5.82 Å². The van der Waals surface area contributed by atoms with Crippen LogP contribution >= 0.6 is 15.9 Å². The van der Waals surface area contributed by atoms with Crippen molar-refractivity contribution in [3.8, 4) is 0 Å². The third kappa shape index (κ3) is 5.28. The third-order valence-corrected chi connectivity index (χ3v) is 3.43. The van der Waals surface area contributed by atoms with E-state index in [0.29, 0.717) is 4.83 Å². The average Bonchev–Trinajstić information content (AvgIpc) is 2.26. The lowest BCUT2D eigenvalue weighted by Gasteiger charge is -2.08. The fourth-order valence-corrected chi connectivity index (χ4v) is 1.53.